The van der Waals surface area contributed by atoms with Gasteiger partial charge < -0.3 is 5.32 Å². The first-order valence-corrected chi connectivity index (χ1v) is 7.72. The number of nitrogens with one attached hydrogen (secondary N) is 1. The Hall–Kier alpha value is -0.0800. The highest BCUT2D eigenvalue weighted by molar-refractivity contribution is 4.97. The Kier molecular flexibility index (Phi) is 4.48. The molecule has 0 amide bonds. The molecule has 2 nitrogen and oxygen atoms in total. The van der Waals surface area contributed by atoms with Crippen molar-refractivity contribution in [2.24, 2.45) is 5.92 Å². The highest BCUT2D eigenvalue weighted by atomic mass is 15.3. The number of rotatable bonds is 5. The minimum Gasteiger partial charge on any atom is -0.308 e. The average molecular weight is 238 g/mol. The van der Waals surface area contributed by atoms with Crippen LogP contribution in [0.1, 0.15) is 59.3 Å². The number of piperazine rings is 1. The molecule has 1 saturated carbocycles. The van der Waals surface area contributed by atoms with Crippen LogP contribution >= 0.6 is 0 Å². The predicted molar refractivity (Wildman–Crippen MR) is 74.3 cm³/mol. The molecular weight excluding hydrogens is 208 g/mol. The summed E-state index contributed by atoms with van der Waals surface area (Å²) < 4.78 is 0. The third-order valence-electron chi connectivity index (χ3n) is 5.28. The van der Waals surface area contributed by atoms with Gasteiger partial charge in [-0.1, -0.05) is 27.2 Å². The Bertz CT molecular complexity index is 231. The maximum atomic E-state index is 3.83. The molecule has 17 heavy (non-hydrogen) atoms. The first-order valence-electron chi connectivity index (χ1n) is 7.72. The van der Waals surface area contributed by atoms with Crippen LogP contribution in [0.5, 0.6) is 0 Å². The summed E-state index contributed by atoms with van der Waals surface area (Å²) in [7, 11) is 0. The van der Waals surface area contributed by atoms with Gasteiger partial charge in [-0.15, -0.1) is 0 Å². The van der Waals surface area contributed by atoms with Crippen molar-refractivity contribution < 1.29 is 0 Å². The summed E-state index contributed by atoms with van der Waals surface area (Å²) in [5.74, 6) is 1.01. The van der Waals surface area contributed by atoms with Crippen LogP contribution in [-0.2, 0) is 0 Å². The maximum Gasteiger partial charge on any atom is 0.0304 e. The molecular formula is C15H30N2. The van der Waals surface area contributed by atoms with E-state index in [0.717, 1.165) is 12.0 Å². The van der Waals surface area contributed by atoms with Gasteiger partial charge in [-0.2, -0.15) is 0 Å². The molecule has 0 bridgehead atoms. The molecule has 0 aromatic heterocycles. The standard InChI is InChI=1S/C15H30N2/c1-4-14-10-16-15(5-2,6-3)12-17(14)11-13-8-7-9-13/h13-14,16H,4-12H2,1-3H3. The fourth-order valence-electron chi connectivity index (χ4n) is 3.38. The van der Waals surface area contributed by atoms with Crippen molar-refractivity contribution in [3.05, 3.63) is 0 Å². The van der Waals surface area contributed by atoms with Gasteiger partial charge in [-0.3, -0.25) is 4.90 Å². The molecule has 2 fully saturated rings. The molecule has 1 saturated heterocycles. The van der Waals surface area contributed by atoms with E-state index in [1.165, 1.54) is 58.2 Å². The summed E-state index contributed by atoms with van der Waals surface area (Å²) in [6.07, 6.45) is 8.25. The topological polar surface area (TPSA) is 15.3 Å². The van der Waals surface area contributed by atoms with E-state index >= 15 is 0 Å². The van der Waals surface area contributed by atoms with Crippen LogP contribution in [0.2, 0.25) is 0 Å². The molecule has 0 spiro atoms. The largest absolute Gasteiger partial charge is 0.308 e. The third-order valence-corrected chi connectivity index (χ3v) is 5.28. The average Bonchev–Trinajstić information content (AvgIpc) is 2.33. The van der Waals surface area contributed by atoms with Crippen LogP contribution < -0.4 is 5.32 Å². The van der Waals surface area contributed by atoms with Crippen LogP contribution in [0.3, 0.4) is 0 Å². The second kappa shape index (κ2) is 5.71. The Morgan fingerprint density at radius 1 is 1.18 bits per heavy atom. The quantitative estimate of drug-likeness (QED) is 0.792. The van der Waals surface area contributed by atoms with Crippen molar-refractivity contribution >= 4 is 0 Å². The van der Waals surface area contributed by atoms with Gasteiger partial charge in [0, 0.05) is 31.2 Å². The lowest BCUT2D eigenvalue weighted by molar-refractivity contribution is 0.0450. The van der Waals surface area contributed by atoms with E-state index < -0.39 is 0 Å². The van der Waals surface area contributed by atoms with Gasteiger partial charge in [0.25, 0.3) is 0 Å². The molecule has 100 valence electrons. The number of nitrogens with zero attached hydrogens (tertiary/aromatic N) is 1. The van der Waals surface area contributed by atoms with Crippen LogP contribution in [0.15, 0.2) is 0 Å². The molecule has 1 atom stereocenters. The minimum atomic E-state index is 0.398. The van der Waals surface area contributed by atoms with Crippen molar-refractivity contribution in [3.8, 4) is 0 Å². The van der Waals surface area contributed by atoms with Crippen molar-refractivity contribution in [2.45, 2.75) is 70.9 Å². The summed E-state index contributed by atoms with van der Waals surface area (Å²) in [5, 5.41) is 3.83. The zero-order valence-electron chi connectivity index (χ0n) is 12.0. The van der Waals surface area contributed by atoms with Gasteiger partial charge in [0.05, 0.1) is 0 Å². The molecule has 2 heteroatoms. The van der Waals surface area contributed by atoms with Crippen LogP contribution in [-0.4, -0.2) is 36.1 Å². The van der Waals surface area contributed by atoms with Gasteiger partial charge in [0.15, 0.2) is 0 Å². The van der Waals surface area contributed by atoms with Crippen LogP contribution in [0, 0.1) is 5.92 Å². The fraction of sp³-hybridized carbons (Fsp3) is 1.00. The summed E-state index contributed by atoms with van der Waals surface area (Å²) in [4.78, 5) is 2.80. The molecule has 0 aromatic rings. The summed E-state index contributed by atoms with van der Waals surface area (Å²) in [5.41, 5.74) is 0.398. The van der Waals surface area contributed by atoms with Gasteiger partial charge in [0.2, 0.25) is 0 Å². The first kappa shape index (κ1) is 13.4. The lowest BCUT2D eigenvalue weighted by atomic mass is 9.82. The molecule has 2 aliphatic rings. The van der Waals surface area contributed by atoms with Gasteiger partial charge in [-0.25, -0.2) is 0 Å². The summed E-state index contributed by atoms with van der Waals surface area (Å²) in [6, 6.07) is 0.779. The Morgan fingerprint density at radius 3 is 2.35 bits per heavy atom. The van der Waals surface area contributed by atoms with Crippen molar-refractivity contribution in [2.75, 3.05) is 19.6 Å². The monoisotopic (exact) mass is 238 g/mol. The molecule has 1 unspecified atom stereocenters. The summed E-state index contributed by atoms with van der Waals surface area (Å²) >= 11 is 0. The van der Waals surface area contributed by atoms with E-state index in [9.17, 15) is 0 Å². The highest BCUT2D eigenvalue weighted by Crippen LogP contribution is 2.31. The second-order valence-electron chi connectivity index (χ2n) is 6.16. The molecule has 0 radical (unpaired) electrons. The lowest BCUT2D eigenvalue weighted by Gasteiger charge is -2.49. The van der Waals surface area contributed by atoms with E-state index in [1.54, 1.807) is 0 Å². The fourth-order valence-corrected chi connectivity index (χ4v) is 3.38. The van der Waals surface area contributed by atoms with Gasteiger partial charge in [0.1, 0.15) is 0 Å². The Labute approximate surface area is 107 Å². The SMILES string of the molecule is CCC1CNC(CC)(CC)CN1CC1CCC1. The van der Waals surface area contributed by atoms with E-state index in [1.807, 2.05) is 0 Å². The van der Waals surface area contributed by atoms with Crippen LogP contribution in [0.25, 0.3) is 0 Å². The normalized spacial score (nSPS) is 30.2. The zero-order valence-corrected chi connectivity index (χ0v) is 12.0. The lowest BCUT2D eigenvalue weighted by Crippen LogP contribution is -2.64. The highest BCUT2D eigenvalue weighted by Gasteiger charge is 2.37. The first-order chi connectivity index (χ1) is 8.23. The maximum absolute atomic E-state index is 3.83. The molecule has 1 heterocycles. The smallest absolute Gasteiger partial charge is 0.0304 e. The minimum absolute atomic E-state index is 0.398. The molecule has 1 N–H and O–H groups in total. The van der Waals surface area contributed by atoms with Gasteiger partial charge in [-0.05, 0) is 38.0 Å². The van der Waals surface area contributed by atoms with E-state index in [2.05, 4.69) is 31.0 Å². The van der Waals surface area contributed by atoms with E-state index in [-0.39, 0.29) is 0 Å². The van der Waals surface area contributed by atoms with Gasteiger partial charge >= 0.3 is 0 Å². The predicted octanol–water partition coefficient (Wildman–Crippen LogP) is 3.03. The van der Waals surface area contributed by atoms with Crippen molar-refractivity contribution in [3.63, 3.8) is 0 Å². The second-order valence-corrected chi connectivity index (χ2v) is 6.16. The van der Waals surface area contributed by atoms with E-state index in [0.29, 0.717) is 5.54 Å². The van der Waals surface area contributed by atoms with Crippen molar-refractivity contribution in [1.29, 1.82) is 0 Å². The number of hydrogen-bond donors (Lipinski definition) is 1. The molecule has 2 rings (SSSR count). The summed E-state index contributed by atoms with van der Waals surface area (Å²) in [6.45, 7) is 10.8. The Balaban J connectivity index is 1.96. The van der Waals surface area contributed by atoms with E-state index in [4.69, 9.17) is 0 Å². The van der Waals surface area contributed by atoms with Crippen molar-refractivity contribution in [1.82, 2.24) is 10.2 Å². The van der Waals surface area contributed by atoms with Crippen LogP contribution in [0.4, 0.5) is 0 Å². The zero-order chi connectivity index (χ0) is 12.3. The third kappa shape index (κ3) is 2.85. The molecule has 0 aromatic carbocycles. The number of hydrogen-bond acceptors (Lipinski definition) is 2. The molecule has 1 aliphatic carbocycles. The molecule has 1 aliphatic heterocycles. The Morgan fingerprint density at radius 2 is 1.88 bits per heavy atom.